The molecular weight excluding hydrogens is 782 g/mol. The summed E-state index contributed by atoms with van der Waals surface area (Å²) in [4.78, 5) is 70.1. The number of Topliss-reactive ketones (excluding diaryl/α,β-unsaturated/α-hetero) is 1. The van der Waals surface area contributed by atoms with Crippen LogP contribution in [0.1, 0.15) is 77.3 Å². The summed E-state index contributed by atoms with van der Waals surface area (Å²) >= 11 is 0. The van der Waals surface area contributed by atoms with E-state index in [0.717, 1.165) is 10.8 Å². The number of pyridine rings is 1. The molecule has 8 rings (SSSR count). The molecule has 3 aromatic carbocycles. The highest BCUT2D eigenvalue weighted by Gasteiger charge is 2.71. The molecule has 1 amide bonds. The molecule has 1 heterocycles. The largest absolute Gasteiger partial charge is 0.457 e. The maximum atomic E-state index is 17.4. The van der Waals surface area contributed by atoms with Gasteiger partial charge in [0.25, 0.3) is 0 Å². The molecule has 0 unspecified atom stereocenters. The second-order valence-electron chi connectivity index (χ2n) is 17.1. The summed E-state index contributed by atoms with van der Waals surface area (Å²) in [6.45, 7) is 2.50. The van der Waals surface area contributed by atoms with E-state index in [0.29, 0.717) is 41.6 Å². The Balaban J connectivity index is 0.885. The first kappa shape index (κ1) is 41.8. The van der Waals surface area contributed by atoms with Crippen LogP contribution in [0.15, 0.2) is 109 Å². The van der Waals surface area contributed by atoms with Crippen molar-refractivity contribution < 1.29 is 48.0 Å². The minimum Gasteiger partial charge on any atom is -0.457 e. The molecule has 4 aliphatic rings. The van der Waals surface area contributed by atoms with E-state index in [9.17, 15) is 34.2 Å². The third kappa shape index (κ3) is 7.17. The molecule has 12 nitrogen and oxygen atoms in total. The number of rotatable bonds is 11. The van der Waals surface area contributed by atoms with E-state index in [1.54, 1.807) is 68.7 Å². The number of aliphatic hydroxyl groups is 2. The number of fused-ring (bicyclic) bond motifs is 6. The quantitative estimate of drug-likeness (QED) is 0.130. The Morgan fingerprint density at radius 3 is 2.41 bits per heavy atom. The van der Waals surface area contributed by atoms with E-state index in [1.807, 2.05) is 18.2 Å². The molecule has 1 aromatic heterocycles. The van der Waals surface area contributed by atoms with Gasteiger partial charge in [-0.3, -0.25) is 19.4 Å². The van der Waals surface area contributed by atoms with E-state index in [1.165, 1.54) is 30.4 Å². The van der Waals surface area contributed by atoms with Crippen LogP contribution in [0, 0.1) is 29.1 Å². The normalized spacial score (nSPS) is 29.4. The zero-order valence-corrected chi connectivity index (χ0v) is 33.9. The van der Waals surface area contributed by atoms with E-state index in [2.05, 4.69) is 10.3 Å². The summed E-state index contributed by atoms with van der Waals surface area (Å²) in [5.41, 5.74) is 3.00. The predicted molar refractivity (Wildman–Crippen MR) is 223 cm³/mol. The number of carbonyl (C=O) groups excluding carboxylic acids is 5. The van der Waals surface area contributed by atoms with Gasteiger partial charge in [-0.15, -0.1) is 0 Å². The van der Waals surface area contributed by atoms with Crippen molar-refractivity contribution in [1.82, 2.24) is 4.98 Å². The number of ether oxygens (including phenoxy) is 2. The molecule has 4 aliphatic carbocycles. The Morgan fingerprint density at radius 2 is 1.69 bits per heavy atom. The van der Waals surface area contributed by atoms with Gasteiger partial charge >= 0.3 is 11.9 Å². The molecule has 0 saturated heterocycles. The van der Waals surface area contributed by atoms with Crippen LogP contribution < -0.4 is 11.1 Å². The smallest absolute Gasteiger partial charge is 0.339 e. The highest BCUT2D eigenvalue weighted by molar-refractivity contribution is 6.04. The molecule has 3 saturated carbocycles. The Bertz CT molecular complexity index is 2490. The van der Waals surface area contributed by atoms with Gasteiger partial charge in [0.05, 0.1) is 23.1 Å². The predicted octanol–water partition coefficient (Wildman–Crippen LogP) is 5.96. The molecule has 0 spiro atoms. The zero-order chi connectivity index (χ0) is 43.3. The van der Waals surface area contributed by atoms with Gasteiger partial charge in [-0.2, -0.15) is 0 Å². The van der Waals surface area contributed by atoms with E-state index >= 15 is 4.39 Å². The number of nitrogens with zero attached hydrogens (tertiary/aromatic N) is 1. The van der Waals surface area contributed by atoms with E-state index in [4.69, 9.17) is 15.2 Å². The molecule has 0 radical (unpaired) electrons. The molecule has 0 bridgehead atoms. The Hall–Kier alpha value is -5.89. The number of nitrogens with two attached hydrogens (primary N) is 1. The van der Waals surface area contributed by atoms with Crippen LogP contribution in [-0.2, 0) is 30.5 Å². The summed E-state index contributed by atoms with van der Waals surface area (Å²) in [6.07, 6.45) is 7.18. The average Bonchev–Trinajstić information content (AvgIpc) is 3.52. The molecule has 9 atom stereocenters. The Kier molecular flexibility index (Phi) is 11.1. The van der Waals surface area contributed by atoms with Crippen molar-refractivity contribution in [3.63, 3.8) is 0 Å². The third-order valence-electron chi connectivity index (χ3n) is 13.9. The van der Waals surface area contributed by atoms with Crippen LogP contribution in [0.3, 0.4) is 0 Å². The summed E-state index contributed by atoms with van der Waals surface area (Å²) < 4.78 is 28.4. The number of ketones is 2. The van der Waals surface area contributed by atoms with Gasteiger partial charge in [0, 0.05) is 47.3 Å². The summed E-state index contributed by atoms with van der Waals surface area (Å²) in [7, 11) is 0. The van der Waals surface area contributed by atoms with Crippen LogP contribution in [0.25, 0.3) is 10.8 Å². The van der Waals surface area contributed by atoms with Crippen LogP contribution >= 0.6 is 0 Å². The second-order valence-corrected chi connectivity index (χ2v) is 17.1. The van der Waals surface area contributed by atoms with Gasteiger partial charge in [0.1, 0.15) is 12.2 Å². The van der Waals surface area contributed by atoms with Crippen molar-refractivity contribution in [2.75, 3.05) is 18.5 Å². The third-order valence-corrected chi connectivity index (χ3v) is 13.9. The van der Waals surface area contributed by atoms with Crippen molar-refractivity contribution >= 4 is 45.9 Å². The number of halogens is 1. The lowest BCUT2D eigenvalue weighted by molar-refractivity contribution is -0.191. The lowest BCUT2D eigenvalue weighted by Gasteiger charge is -2.59. The highest BCUT2D eigenvalue weighted by Crippen LogP contribution is 2.66. The number of nitrogens with one attached hydrogen (secondary N) is 1. The lowest BCUT2D eigenvalue weighted by atomic mass is 9.48. The SMILES string of the molecule is C[C@@H]1C[C@@H]2[C@H](C[C@H](O)[C@@]3(F)[C@H]2CCC2=CC(=O)C=C[C@@]23C)[C@@]1(O)C(=O)COC(=O)c1ccccc1C(=O)OCc1ccc([C@@H](CN)C(=O)Nc2ccc3cnccc3c2)cc1. The van der Waals surface area contributed by atoms with E-state index in [-0.39, 0.29) is 42.4 Å². The highest BCUT2D eigenvalue weighted by atomic mass is 19.1. The summed E-state index contributed by atoms with van der Waals surface area (Å²) in [5, 5.41) is 28.4. The first-order chi connectivity index (χ1) is 29.2. The second kappa shape index (κ2) is 16.2. The summed E-state index contributed by atoms with van der Waals surface area (Å²) in [6, 6.07) is 20.1. The monoisotopic (exact) mass is 829 g/mol. The molecule has 316 valence electrons. The number of esters is 2. The topological polar surface area (TPSA) is 195 Å². The molecule has 5 N–H and O–H groups in total. The van der Waals surface area contributed by atoms with Gasteiger partial charge < -0.3 is 30.7 Å². The van der Waals surface area contributed by atoms with Gasteiger partial charge in [-0.25, -0.2) is 14.0 Å². The minimum atomic E-state index is -2.11. The molecule has 3 fully saturated rings. The number of amides is 1. The van der Waals surface area contributed by atoms with Crippen LogP contribution in [0.2, 0.25) is 0 Å². The summed E-state index contributed by atoms with van der Waals surface area (Å²) in [5.74, 6) is -6.25. The number of allylic oxidation sites excluding steroid dienone is 4. The van der Waals surface area contributed by atoms with Crippen molar-refractivity contribution in [2.24, 2.45) is 34.8 Å². The van der Waals surface area contributed by atoms with Gasteiger partial charge in [0.15, 0.2) is 18.1 Å². The Morgan fingerprint density at radius 1 is 0.967 bits per heavy atom. The molecule has 61 heavy (non-hydrogen) atoms. The van der Waals surface area contributed by atoms with Gasteiger partial charge in [-0.05, 0) is 103 Å². The van der Waals surface area contributed by atoms with Crippen LogP contribution in [-0.4, -0.2) is 75.1 Å². The standard InChI is InChI=1S/C48H48FN3O9/c1-27-19-37-39-14-12-32-21-34(53)15-17-46(32,2)48(39,49)41(54)22-40(37)47(27,59)42(55)26-61-45(58)36-6-4-3-5-35(36)44(57)60-25-28-7-9-29(10-8-28)38(23-50)43(56)52-33-13-11-31-24-51-18-16-30(31)20-33/h3-11,13,15-18,20-21,24,27,37-41,54,59H,12,14,19,22-23,25-26,50H2,1-2H3,(H,52,56)/t27-,37+,38-,39+,40+,41+,46+,47-,48+/m1/s1. The number of alkyl halides is 1. The molecule has 13 heteroatoms. The number of anilines is 1. The van der Waals surface area contributed by atoms with Gasteiger partial charge in [-0.1, -0.05) is 61.0 Å². The number of aliphatic hydroxyl groups excluding tert-OH is 1. The molecule has 4 aromatic rings. The van der Waals surface area contributed by atoms with Crippen LogP contribution in [0.4, 0.5) is 10.1 Å². The fraction of sp³-hybridized carbons (Fsp3) is 0.375. The van der Waals surface area contributed by atoms with Crippen molar-refractivity contribution in [2.45, 2.75) is 69.4 Å². The maximum absolute atomic E-state index is 17.4. The molecular formula is C48H48FN3O9. The number of aromatic nitrogens is 1. The Labute approximate surface area is 352 Å². The minimum absolute atomic E-state index is 0.0556. The first-order valence-electron chi connectivity index (χ1n) is 20.6. The van der Waals surface area contributed by atoms with Gasteiger partial charge in [0.2, 0.25) is 11.7 Å². The number of hydrogen-bond acceptors (Lipinski definition) is 11. The lowest BCUT2D eigenvalue weighted by Crippen LogP contribution is -2.66. The fourth-order valence-electron chi connectivity index (χ4n) is 10.6. The van der Waals surface area contributed by atoms with Crippen molar-refractivity contribution in [3.05, 3.63) is 131 Å². The first-order valence-corrected chi connectivity index (χ1v) is 20.6. The zero-order valence-electron chi connectivity index (χ0n) is 33.9. The maximum Gasteiger partial charge on any atom is 0.339 e. The number of hydrogen-bond donors (Lipinski definition) is 4. The average molecular weight is 830 g/mol. The van der Waals surface area contributed by atoms with Crippen molar-refractivity contribution in [3.8, 4) is 0 Å². The molecule has 0 aliphatic heterocycles. The number of benzene rings is 3. The fourth-order valence-corrected chi connectivity index (χ4v) is 10.6. The van der Waals surface area contributed by atoms with Crippen molar-refractivity contribution in [1.29, 1.82) is 0 Å². The van der Waals surface area contributed by atoms with E-state index < -0.39 is 76.7 Å². The number of carbonyl (C=O) groups is 5. The van der Waals surface area contributed by atoms with Crippen LogP contribution in [0.5, 0.6) is 0 Å².